The van der Waals surface area contributed by atoms with E-state index in [1.165, 1.54) is 10.9 Å². The van der Waals surface area contributed by atoms with Crippen molar-refractivity contribution in [1.82, 2.24) is 9.78 Å². The first-order chi connectivity index (χ1) is 10.6. The highest BCUT2D eigenvalue weighted by atomic mass is 35.5. The molecule has 1 fully saturated rings. The van der Waals surface area contributed by atoms with Gasteiger partial charge in [-0.05, 0) is 24.8 Å². The van der Waals surface area contributed by atoms with E-state index in [1.54, 1.807) is 0 Å². The average molecular weight is 320 g/mol. The maximum absolute atomic E-state index is 12.3. The van der Waals surface area contributed by atoms with Gasteiger partial charge in [-0.15, -0.1) is 0 Å². The highest BCUT2D eigenvalue weighted by Gasteiger charge is 2.34. The summed E-state index contributed by atoms with van der Waals surface area (Å²) in [5.74, 6) is 0. The van der Waals surface area contributed by atoms with Gasteiger partial charge < -0.3 is 10.4 Å². The van der Waals surface area contributed by atoms with E-state index >= 15 is 0 Å². The first kappa shape index (κ1) is 15.1. The van der Waals surface area contributed by atoms with Gasteiger partial charge in [0.15, 0.2) is 0 Å². The second-order valence-corrected chi connectivity index (χ2v) is 6.13. The largest absolute Gasteiger partial charge is 0.388 e. The Balaban J connectivity index is 1.75. The zero-order valence-corrected chi connectivity index (χ0v) is 12.9. The molecule has 0 radical (unpaired) electrons. The van der Waals surface area contributed by atoms with Gasteiger partial charge >= 0.3 is 0 Å². The summed E-state index contributed by atoms with van der Waals surface area (Å²) >= 11 is 6.14. The molecule has 0 spiro atoms. The molecule has 1 aromatic heterocycles. The van der Waals surface area contributed by atoms with Crippen molar-refractivity contribution in [3.63, 3.8) is 0 Å². The Bertz CT molecular complexity index is 711. The molecule has 0 bridgehead atoms. The Hall–Kier alpha value is -1.85. The fraction of sp³-hybridized carbons (Fsp3) is 0.375. The van der Waals surface area contributed by atoms with E-state index in [9.17, 15) is 9.90 Å². The molecule has 0 saturated heterocycles. The molecular weight excluding hydrogens is 302 g/mol. The molecule has 22 heavy (non-hydrogen) atoms. The predicted molar refractivity (Wildman–Crippen MR) is 86.3 cm³/mol. The number of hydrogen-bond donors (Lipinski definition) is 2. The summed E-state index contributed by atoms with van der Waals surface area (Å²) in [6.07, 6.45) is 4.11. The van der Waals surface area contributed by atoms with Crippen molar-refractivity contribution in [2.75, 3.05) is 11.9 Å². The second-order valence-electron chi connectivity index (χ2n) is 5.75. The van der Waals surface area contributed by atoms with Gasteiger partial charge in [0.25, 0.3) is 5.56 Å². The number of halogens is 1. The SMILES string of the molecule is O=c1c(Cl)c(NCC2(O)CCC2)cnn1Cc1ccccc1. The summed E-state index contributed by atoms with van der Waals surface area (Å²) in [4.78, 5) is 12.3. The number of anilines is 1. The molecule has 0 unspecified atom stereocenters. The van der Waals surface area contributed by atoms with Crippen LogP contribution in [0.4, 0.5) is 5.69 Å². The lowest BCUT2D eigenvalue weighted by Gasteiger charge is -2.36. The Morgan fingerprint density at radius 3 is 2.68 bits per heavy atom. The first-order valence-corrected chi connectivity index (χ1v) is 7.71. The first-order valence-electron chi connectivity index (χ1n) is 7.33. The van der Waals surface area contributed by atoms with E-state index in [4.69, 9.17) is 11.6 Å². The molecule has 1 aliphatic carbocycles. The third-order valence-electron chi connectivity index (χ3n) is 4.05. The minimum atomic E-state index is -0.678. The summed E-state index contributed by atoms with van der Waals surface area (Å²) in [5, 5.41) is 17.4. The van der Waals surface area contributed by atoms with Crippen molar-refractivity contribution in [1.29, 1.82) is 0 Å². The molecule has 5 nitrogen and oxygen atoms in total. The Morgan fingerprint density at radius 1 is 1.32 bits per heavy atom. The van der Waals surface area contributed by atoms with E-state index in [0.29, 0.717) is 18.8 Å². The molecule has 0 amide bonds. The minimum Gasteiger partial charge on any atom is -0.388 e. The number of aromatic nitrogens is 2. The summed E-state index contributed by atoms with van der Waals surface area (Å²) in [5.41, 5.74) is 0.437. The highest BCUT2D eigenvalue weighted by Crippen LogP contribution is 2.32. The highest BCUT2D eigenvalue weighted by molar-refractivity contribution is 6.32. The van der Waals surface area contributed by atoms with E-state index in [-0.39, 0.29) is 10.6 Å². The van der Waals surface area contributed by atoms with Crippen molar-refractivity contribution >= 4 is 17.3 Å². The van der Waals surface area contributed by atoms with Crippen LogP contribution in [0.5, 0.6) is 0 Å². The zero-order chi connectivity index (χ0) is 15.6. The number of nitrogens with zero attached hydrogens (tertiary/aromatic N) is 2. The summed E-state index contributed by atoms with van der Waals surface area (Å²) in [7, 11) is 0. The molecule has 1 aliphatic rings. The van der Waals surface area contributed by atoms with Crippen LogP contribution in [0.2, 0.25) is 5.02 Å². The Kier molecular flexibility index (Phi) is 4.18. The molecule has 0 aliphatic heterocycles. The van der Waals surface area contributed by atoms with E-state index in [0.717, 1.165) is 24.8 Å². The molecule has 1 saturated carbocycles. The van der Waals surface area contributed by atoms with Crippen molar-refractivity contribution in [3.8, 4) is 0 Å². The molecule has 2 N–H and O–H groups in total. The quantitative estimate of drug-likeness (QED) is 0.887. The van der Waals surface area contributed by atoms with E-state index in [1.807, 2.05) is 30.3 Å². The Morgan fingerprint density at radius 2 is 2.05 bits per heavy atom. The van der Waals surface area contributed by atoms with Crippen molar-refractivity contribution in [2.45, 2.75) is 31.4 Å². The monoisotopic (exact) mass is 319 g/mol. The lowest BCUT2D eigenvalue weighted by molar-refractivity contribution is -0.0202. The Labute approximate surface area is 133 Å². The van der Waals surface area contributed by atoms with Crippen LogP contribution >= 0.6 is 11.6 Å². The van der Waals surface area contributed by atoms with Crippen LogP contribution < -0.4 is 10.9 Å². The van der Waals surface area contributed by atoms with Gasteiger partial charge in [-0.2, -0.15) is 5.10 Å². The van der Waals surface area contributed by atoms with Crippen LogP contribution in [0.3, 0.4) is 0 Å². The van der Waals surface area contributed by atoms with Gasteiger partial charge in [-0.25, -0.2) is 4.68 Å². The average Bonchev–Trinajstić information content (AvgIpc) is 2.50. The standard InChI is InChI=1S/C16H18ClN3O2/c17-14-13(18-11-16(22)7-4-8-16)9-19-20(15(14)21)10-12-5-2-1-3-6-12/h1-3,5-6,9,18,22H,4,7-8,10-11H2. The molecule has 1 aromatic carbocycles. The number of hydrogen-bond acceptors (Lipinski definition) is 4. The lowest BCUT2D eigenvalue weighted by Crippen LogP contribution is -2.43. The van der Waals surface area contributed by atoms with E-state index in [2.05, 4.69) is 10.4 Å². The summed E-state index contributed by atoms with van der Waals surface area (Å²) < 4.78 is 1.33. The van der Waals surface area contributed by atoms with Gasteiger partial charge in [0.1, 0.15) is 5.02 Å². The summed E-state index contributed by atoms with van der Waals surface area (Å²) in [6, 6.07) is 9.61. The number of rotatable bonds is 5. The predicted octanol–water partition coefficient (Wildman–Crippen LogP) is 2.27. The van der Waals surface area contributed by atoms with Gasteiger partial charge in [-0.1, -0.05) is 41.9 Å². The molecule has 1 heterocycles. The molecule has 6 heteroatoms. The molecule has 2 aromatic rings. The molecule has 3 rings (SSSR count). The number of aliphatic hydroxyl groups is 1. The minimum absolute atomic E-state index is 0.105. The maximum Gasteiger partial charge on any atom is 0.287 e. The topological polar surface area (TPSA) is 67.2 Å². The number of benzene rings is 1. The van der Waals surface area contributed by atoms with Crippen molar-refractivity contribution < 1.29 is 5.11 Å². The fourth-order valence-corrected chi connectivity index (χ4v) is 2.69. The third-order valence-corrected chi connectivity index (χ3v) is 4.42. The normalized spacial score (nSPS) is 16.1. The van der Waals surface area contributed by atoms with E-state index < -0.39 is 5.60 Å². The van der Waals surface area contributed by atoms with Crippen LogP contribution in [0.1, 0.15) is 24.8 Å². The van der Waals surface area contributed by atoms with Gasteiger partial charge in [-0.3, -0.25) is 4.79 Å². The fourth-order valence-electron chi connectivity index (χ4n) is 2.48. The number of nitrogens with one attached hydrogen (secondary N) is 1. The van der Waals surface area contributed by atoms with Crippen LogP contribution in [0.15, 0.2) is 41.3 Å². The molecular formula is C16H18ClN3O2. The van der Waals surface area contributed by atoms with Crippen LogP contribution in [-0.2, 0) is 6.54 Å². The third kappa shape index (κ3) is 3.15. The van der Waals surface area contributed by atoms with Gasteiger partial charge in [0, 0.05) is 6.54 Å². The summed E-state index contributed by atoms with van der Waals surface area (Å²) in [6.45, 7) is 0.764. The molecule has 116 valence electrons. The smallest absolute Gasteiger partial charge is 0.287 e. The van der Waals surface area contributed by atoms with Gasteiger partial charge in [0.2, 0.25) is 0 Å². The second kappa shape index (κ2) is 6.10. The van der Waals surface area contributed by atoms with Crippen LogP contribution in [-0.4, -0.2) is 27.0 Å². The molecule has 0 atom stereocenters. The van der Waals surface area contributed by atoms with Crippen molar-refractivity contribution in [3.05, 3.63) is 57.5 Å². The van der Waals surface area contributed by atoms with Crippen LogP contribution in [0.25, 0.3) is 0 Å². The van der Waals surface area contributed by atoms with Crippen molar-refractivity contribution in [2.24, 2.45) is 0 Å². The van der Waals surface area contributed by atoms with Crippen LogP contribution in [0, 0.1) is 0 Å². The van der Waals surface area contributed by atoms with Gasteiger partial charge in [0.05, 0.1) is 24.0 Å². The lowest BCUT2D eigenvalue weighted by atomic mass is 9.80. The maximum atomic E-state index is 12.3. The zero-order valence-electron chi connectivity index (χ0n) is 12.1.